The average molecular weight is 409 g/mol. The van der Waals surface area contributed by atoms with Gasteiger partial charge in [-0.2, -0.15) is 0 Å². The predicted octanol–water partition coefficient (Wildman–Crippen LogP) is 3.75. The van der Waals surface area contributed by atoms with Gasteiger partial charge in [-0.05, 0) is 36.8 Å². The summed E-state index contributed by atoms with van der Waals surface area (Å²) >= 11 is 6.17. The summed E-state index contributed by atoms with van der Waals surface area (Å²) in [5.41, 5.74) is 3.99. The molecule has 1 saturated heterocycles. The minimum atomic E-state index is -0.0446. The van der Waals surface area contributed by atoms with Crippen molar-refractivity contribution in [2.75, 3.05) is 44.2 Å². The topological polar surface area (TPSA) is 48.5 Å². The number of hydrogen-bond acceptors (Lipinski definition) is 4. The fourth-order valence-electron chi connectivity index (χ4n) is 3.85. The van der Waals surface area contributed by atoms with Gasteiger partial charge >= 0.3 is 0 Å². The largest absolute Gasteiger partial charge is 0.369 e. The summed E-state index contributed by atoms with van der Waals surface area (Å²) in [4.78, 5) is 21.7. The molecule has 2 heterocycles. The first-order chi connectivity index (χ1) is 14.1. The molecule has 5 nitrogen and oxygen atoms in total. The molecule has 0 radical (unpaired) electrons. The number of carbonyl (C=O) groups is 1. The number of fused-ring (bicyclic) bond motifs is 1. The Bertz CT molecular complexity index is 1010. The number of halogens is 1. The molecule has 1 aliphatic heterocycles. The van der Waals surface area contributed by atoms with Crippen molar-refractivity contribution in [2.24, 2.45) is 0 Å². The standard InChI is InChI=1S/C23H25ClN4O/c1-17-6-7-18(24)16-22(17)28-14-12-27(13-15-28)11-10-26-23(29)20-8-9-25-21-5-3-2-4-19(20)21/h2-9,16H,10-15H2,1H3,(H,26,29). The number of pyridine rings is 1. The number of nitrogens with zero attached hydrogens (tertiary/aromatic N) is 3. The SMILES string of the molecule is Cc1ccc(Cl)cc1N1CCN(CCNC(=O)c2ccnc3ccccc23)CC1. The maximum atomic E-state index is 12.6. The summed E-state index contributed by atoms with van der Waals surface area (Å²) in [6.45, 7) is 7.47. The zero-order valence-electron chi connectivity index (χ0n) is 16.6. The van der Waals surface area contributed by atoms with Crippen molar-refractivity contribution < 1.29 is 4.79 Å². The molecule has 3 aromatic rings. The van der Waals surface area contributed by atoms with Gasteiger partial charge < -0.3 is 10.2 Å². The average Bonchev–Trinajstić information content (AvgIpc) is 2.75. The summed E-state index contributed by atoms with van der Waals surface area (Å²) in [6.07, 6.45) is 1.69. The lowest BCUT2D eigenvalue weighted by Crippen LogP contribution is -2.48. The number of para-hydroxylation sites is 1. The molecule has 0 bridgehead atoms. The lowest BCUT2D eigenvalue weighted by Gasteiger charge is -2.36. The van der Waals surface area contributed by atoms with Crippen molar-refractivity contribution in [2.45, 2.75) is 6.92 Å². The van der Waals surface area contributed by atoms with Gasteiger partial charge in [0, 0.05) is 61.6 Å². The zero-order chi connectivity index (χ0) is 20.2. The number of anilines is 1. The van der Waals surface area contributed by atoms with Gasteiger partial charge in [-0.3, -0.25) is 14.7 Å². The maximum Gasteiger partial charge on any atom is 0.252 e. The van der Waals surface area contributed by atoms with Crippen molar-refractivity contribution in [1.29, 1.82) is 0 Å². The second-order valence-electron chi connectivity index (χ2n) is 7.39. The van der Waals surface area contributed by atoms with Crippen LogP contribution in [0.15, 0.2) is 54.7 Å². The second-order valence-corrected chi connectivity index (χ2v) is 7.83. The summed E-state index contributed by atoms with van der Waals surface area (Å²) in [7, 11) is 0. The van der Waals surface area contributed by atoms with Gasteiger partial charge in [0.2, 0.25) is 0 Å². The first-order valence-corrected chi connectivity index (χ1v) is 10.3. The molecule has 150 valence electrons. The van der Waals surface area contributed by atoms with E-state index in [1.54, 1.807) is 12.3 Å². The van der Waals surface area contributed by atoms with E-state index in [1.807, 2.05) is 36.4 Å². The van der Waals surface area contributed by atoms with E-state index >= 15 is 0 Å². The van der Waals surface area contributed by atoms with E-state index in [0.29, 0.717) is 12.1 Å². The number of piperazine rings is 1. The number of rotatable bonds is 5. The molecule has 1 N–H and O–H groups in total. The molecule has 1 aromatic heterocycles. The number of hydrogen-bond donors (Lipinski definition) is 1. The molecule has 0 unspecified atom stereocenters. The summed E-state index contributed by atoms with van der Waals surface area (Å²) in [5.74, 6) is -0.0446. The molecule has 6 heteroatoms. The number of nitrogens with one attached hydrogen (secondary N) is 1. The van der Waals surface area contributed by atoms with E-state index in [1.165, 1.54) is 11.3 Å². The van der Waals surface area contributed by atoms with E-state index in [4.69, 9.17) is 11.6 Å². The highest BCUT2D eigenvalue weighted by Crippen LogP contribution is 2.25. The minimum Gasteiger partial charge on any atom is -0.369 e. The lowest BCUT2D eigenvalue weighted by molar-refractivity contribution is 0.0949. The van der Waals surface area contributed by atoms with Crippen LogP contribution in [0.4, 0.5) is 5.69 Å². The molecule has 1 fully saturated rings. The number of carbonyl (C=O) groups excluding carboxylic acids is 1. The molecule has 4 rings (SSSR count). The van der Waals surface area contributed by atoms with E-state index in [2.05, 4.69) is 33.1 Å². The smallest absolute Gasteiger partial charge is 0.252 e. The first kappa shape index (κ1) is 19.7. The third-order valence-corrected chi connectivity index (χ3v) is 5.73. The Morgan fingerprint density at radius 2 is 1.90 bits per heavy atom. The molecule has 0 spiro atoms. The Balaban J connectivity index is 1.29. The fraction of sp³-hybridized carbons (Fsp3) is 0.304. The van der Waals surface area contributed by atoms with Gasteiger partial charge in [-0.1, -0.05) is 35.9 Å². The first-order valence-electron chi connectivity index (χ1n) is 9.97. The Morgan fingerprint density at radius 3 is 2.72 bits per heavy atom. The lowest BCUT2D eigenvalue weighted by atomic mass is 10.1. The van der Waals surface area contributed by atoms with Crippen molar-refractivity contribution in [3.05, 3.63) is 70.9 Å². The Hall–Kier alpha value is -2.63. The molecule has 0 aliphatic carbocycles. The van der Waals surface area contributed by atoms with Crippen LogP contribution in [0.1, 0.15) is 15.9 Å². The molecular formula is C23H25ClN4O. The third-order valence-electron chi connectivity index (χ3n) is 5.49. The van der Waals surface area contributed by atoms with Gasteiger partial charge in [-0.25, -0.2) is 0 Å². The zero-order valence-corrected chi connectivity index (χ0v) is 17.3. The van der Waals surface area contributed by atoms with Crippen LogP contribution < -0.4 is 10.2 Å². The van der Waals surface area contributed by atoms with Crippen molar-refractivity contribution in [3.8, 4) is 0 Å². The minimum absolute atomic E-state index is 0.0446. The summed E-state index contributed by atoms with van der Waals surface area (Å²) < 4.78 is 0. The van der Waals surface area contributed by atoms with Crippen LogP contribution in [-0.2, 0) is 0 Å². The van der Waals surface area contributed by atoms with Gasteiger partial charge in [0.1, 0.15) is 0 Å². The van der Waals surface area contributed by atoms with E-state index in [9.17, 15) is 4.79 Å². The normalized spacial score (nSPS) is 14.9. The van der Waals surface area contributed by atoms with E-state index in [-0.39, 0.29) is 5.91 Å². The second kappa shape index (κ2) is 8.80. The fourth-order valence-corrected chi connectivity index (χ4v) is 4.02. The molecule has 29 heavy (non-hydrogen) atoms. The number of aryl methyl sites for hydroxylation is 1. The van der Waals surface area contributed by atoms with Crippen LogP contribution in [0.5, 0.6) is 0 Å². The van der Waals surface area contributed by atoms with Crippen LogP contribution in [0.3, 0.4) is 0 Å². The Labute approximate surface area is 176 Å². The van der Waals surface area contributed by atoms with Crippen LogP contribution in [0.2, 0.25) is 5.02 Å². The van der Waals surface area contributed by atoms with Crippen LogP contribution in [0, 0.1) is 6.92 Å². The van der Waals surface area contributed by atoms with Gasteiger partial charge in [0.05, 0.1) is 11.1 Å². The maximum absolute atomic E-state index is 12.6. The van der Waals surface area contributed by atoms with Crippen molar-refractivity contribution in [3.63, 3.8) is 0 Å². The van der Waals surface area contributed by atoms with Crippen molar-refractivity contribution in [1.82, 2.24) is 15.2 Å². The van der Waals surface area contributed by atoms with Crippen LogP contribution in [0.25, 0.3) is 10.9 Å². The highest BCUT2D eigenvalue weighted by Gasteiger charge is 2.19. The van der Waals surface area contributed by atoms with E-state index in [0.717, 1.165) is 48.6 Å². The Kier molecular flexibility index (Phi) is 5.97. The molecule has 0 saturated carbocycles. The van der Waals surface area contributed by atoms with Gasteiger partial charge in [0.25, 0.3) is 5.91 Å². The number of amides is 1. The van der Waals surface area contributed by atoms with Crippen LogP contribution in [-0.4, -0.2) is 55.1 Å². The molecule has 1 aliphatic rings. The summed E-state index contributed by atoms with van der Waals surface area (Å²) in [6, 6.07) is 15.6. The summed E-state index contributed by atoms with van der Waals surface area (Å²) in [5, 5.41) is 4.72. The molecular weight excluding hydrogens is 384 g/mol. The number of benzene rings is 2. The van der Waals surface area contributed by atoms with Gasteiger partial charge in [-0.15, -0.1) is 0 Å². The third kappa shape index (κ3) is 4.52. The van der Waals surface area contributed by atoms with Crippen molar-refractivity contribution >= 4 is 34.1 Å². The highest BCUT2D eigenvalue weighted by molar-refractivity contribution is 6.30. The molecule has 2 aromatic carbocycles. The Morgan fingerprint density at radius 1 is 1.10 bits per heavy atom. The predicted molar refractivity (Wildman–Crippen MR) is 119 cm³/mol. The van der Waals surface area contributed by atoms with E-state index < -0.39 is 0 Å². The van der Waals surface area contributed by atoms with Crippen LogP contribution >= 0.6 is 11.6 Å². The molecule has 0 atom stereocenters. The molecule has 1 amide bonds. The number of aromatic nitrogens is 1. The van der Waals surface area contributed by atoms with Gasteiger partial charge in [0.15, 0.2) is 0 Å². The highest BCUT2D eigenvalue weighted by atomic mass is 35.5. The monoisotopic (exact) mass is 408 g/mol. The quantitative estimate of drug-likeness (QED) is 0.698.